The topological polar surface area (TPSA) is 90.5 Å². The molecule has 176 valence electrons. The van der Waals surface area contributed by atoms with Crippen LogP contribution in [0.5, 0.6) is 11.6 Å². The van der Waals surface area contributed by atoms with Gasteiger partial charge in [0.05, 0.1) is 10.6 Å². The fraction of sp³-hybridized carbons (Fsp3) is 0.182. The maximum Gasteiger partial charge on any atom is 0.417 e. The molecule has 2 heterocycles. The molecule has 0 saturated heterocycles. The number of amides is 1. The monoisotopic (exact) mass is 491 g/mol. The van der Waals surface area contributed by atoms with E-state index in [1.54, 1.807) is 6.07 Å². The molecule has 0 radical (unpaired) electrons. The Labute approximate surface area is 195 Å². The van der Waals surface area contributed by atoms with E-state index in [9.17, 15) is 22.8 Å². The van der Waals surface area contributed by atoms with Crippen LogP contribution in [0.25, 0.3) is 5.65 Å². The Morgan fingerprint density at radius 2 is 1.97 bits per heavy atom. The van der Waals surface area contributed by atoms with E-state index in [4.69, 9.17) is 16.3 Å². The molecule has 34 heavy (non-hydrogen) atoms. The van der Waals surface area contributed by atoms with Crippen LogP contribution in [0.1, 0.15) is 16.7 Å². The van der Waals surface area contributed by atoms with Crippen LogP contribution in [0.2, 0.25) is 5.02 Å². The largest absolute Gasteiger partial charge is 0.436 e. The number of benzene rings is 2. The number of rotatable bonds is 5. The van der Waals surface area contributed by atoms with Crippen molar-refractivity contribution in [2.45, 2.75) is 26.6 Å². The average Bonchev–Trinajstić information content (AvgIpc) is 3.08. The highest BCUT2D eigenvalue weighted by molar-refractivity contribution is 6.31. The van der Waals surface area contributed by atoms with Gasteiger partial charge in [-0.05, 0) is 49.2 Å². The number of ether oxygens (including phenoxy) is 1. The standard InChI is InChI=1S/C22H17ClF3N5O3/c1-12-4-3-5-17(13(12)2)34-20-19-29-31(21(33)30(19)9-8-27-20)11-18(32)28-14-6-7-16(23)15(10-14)22(24,25)26/h3-10H,11H2,1-2H3,(H,28,32). The lowest BCUT2D eigenvalue weighted by Crippen LogP contribution is -2.28. The molecule has 0 aliphatic heterocycles. The van der Waals surface area contributed by atoms with Crippen LogP contribution in [-0.4, -0.2) is 25.1 Å². The first-order valence-corrected chi connectivity index (χ1v) is 10.3. The average molecular weight is 492 g/mol. The van der Waals surface area contributed by atoms with Crippen molar-refractivity contribution in [3.63, 3.8) is 0 Å². The Hall–Kier alpha value is -3.86. The van der Waals surface area contributed by atoms with E-state index >= 15 is 0 Å². The van der Waals surface area contributed by atoms with Crippen molar-refractivity contribution in [2.75, 3.05) is 5.32 Å². The van der Waals surface area contributed by atoms with E-state index in [1.165, 1.54) is 18.5 Å². The molecule has 0 spiro atoms. The van der Waals surface area contributed by atoms with Crippen LogP contribution in [0.4, 0.5) is 18.9 Å². The molecule has 0 atom stereocenters. The molecule has 12 heteroatoms. The molecular formula is C22H17ClF3N5O3. The van der Waals surface area contributed by atoms with Gasteiger partial charge in [0.2, 0.25) is 11.6 Å². The first kappa shape index (κ1) is 23.3. The molecule has 0 bridgehead atoms. The first-order chi connectivity index (χ1) is 16.0. The molecule has 4 rings (SSSR count). The number of alkyl halides is 3. The molecule has 1 amide bonds. The van der Waals surface area contributed by atoms with Crippen LogP contribution in [0.15, 0.2) is 53.6 Å². The second kappa shape index (κ2) is 8.82. The van der Waals surface area contributed by atoms with Crippen molar-refractivity contribution in [2.24, 2.45) is 0 Å². The minimum Gasteiger partial charge on any atom is -0.436 e. The Morgan fingerprint density at radius 3 is 2.71 bits per heavy atom. The van der Waals surface area contributed by atoms with E-state index in [1.807, 2.05) is 26.0 Å². The van der Waals surface area contributed by atoms with Gasteiger partial charge in [0.1, 0.15) is 12.3 Å². The van der Waals surface area contributed by atoms with Crippen LogP contribution < -0.4 is 15.7 Å². The third kappa shape index (κ3) is 4.60. The minimum atomic E-state index is -4.69. The number of aryl methyl sites for hydroxylation is 1. The number of hydrogen-bond acceptors (Lipinski definition) is 5. The van der Waals surface area contributed by atoms with Crippen LogP contribution in [-0.2, 0) is 17.5 Å². The van der Waals surface area contributed by atoms with Gasteiger partial charge >= 0.3 is 11.9 Å². The molecule has 1 N–H and O–H groups in total. The summed E-state index contributed by atoms with van der Waals surface area (Å²) in [5.74, 6) is -0.172. The van der Waals surface area contributed by atoms with Crippen molar-refractivity contribution in [3.8, 4) is 11.6 Å². The number of nitrogens with one attached hydrogen (secondary N) is 1. The van der Waals surface area contributed by atoms with Gasteiger partial charge in [0.15, 0.2) is 0 Å². The number of fused-ring (bicyclic) bond motifs is 1. The SMILES string of the molecule is Cc1cccc(Oc2nccn3c(=O)n(CC(=O)Nc4ccc(Cl)c(C(F)(F)F)c4)nc23)c1C. The zero-order chi connectivity index (χ0) is 24.6. The lowest BCUT2D eigenvalue weighted by molar-refractivity contribution is -0.137. The summed E-state index contributed by atoms with van der Waals surface area (Å²) < 4.78 is 47.0. The molecule has 0 aliphatic carbocycles. The van der Waals surface area contributed by atoms with Gasteiger partial charge in [0.25, 0.3) is 5.88 Å². The molecule has 0 fully saturated rings. The minimum absolute atomic E-state index is 0.0555. The van der Waals surface area contributed by atoms with Crippen LogP contribution in [0, 0.1) is 13.8 Å². The zero-order valence-electron chi connectivity index (χ0n) is 17.9. The summed E-state index contributed by atoms with van der Waals surface area (Å²) in [6.45, 7) is 3.25. The van der Waals surface area contributed by atoms with E-state index in [-0.39, 0.29) is 17.2 Å². The number of anilines is 1. The molecule has 0 unspecified atom stereocenters. The molecule has 2 aromatic carbocycles. The van der Waals surface area contributed by atoms with Crippen LogP contribution in [0.3, 0.4) is 0 Å². The summed E-state index contributed by atoms with van der Waals surface area (Å²) in [4.78, 5) is 29.3. The molecule has 2 aromatic heterocycles. The Morgan fingerprint density at radius 1 is 1.21 bits per heavy atom. The second-order valence-electron chi connectivity index (χ2n) is 7.41. The van der Waals surface area contributed by atoms with Crippen LogP contribution >= 0.6 is 11.6 Å². The van der Waals surface area contributed by atoms with Gasteiger partial charge in [-0.25, -0.2) is 18.9 Å². The normalized spacial score (nSPS) is 11.6. The first-order valence-electron chi connectivity index (χ1n) is 9.89. The number of aromatic nitrogens is 4. The fourth-order valence-corrected chi connectivity index (χ4v) is 3.42. The van der Waals surface area contributed by atoms with Gasteiger partial charge in [-0.15, -0.1) is 5.10 Å². The summed E-state index contributed by atoms with van der Waals surface area (Å²) in [5, 5.41) is 5.95. The van der Waals surface area contributed by atoms with E-state index in [2.05, 4.69) is 15.4 Å². The van der Waals surface area contributed by atoms with E-state index in [0.717, 1.165) is 26.3 Å². The number of halogens is 4. The molecule has 0 aliphatic rings. The summed E-state index contributed by atoms with van der Waals surface area (Å²) in [5.41, 5.74) is 0.0985. The van der Waals surface area contributed by atoms with Gasteiger partial charge < -0.3 is 10.1 Å². The van der Waals surface area contributed by atoms with Crippen molar-refractivity contribution in [3.05, 3.63) is 81.0 Å². The number of hydrogen-bond donors (Lipinski definition) is 1. The highest BCUT2D eigenvalue weighted by Crippen LogP contribution is 2.36. The Kier molecular flexibility index (Phi) is 6.05. The second-order valence-corrected chi connectivity index (χ2v) is 7.81. The van der Waals surface area contributed by atoms with Crippen molar-refractivity contribution >= 4 is 28.8 Å². The maximum atomic E-state index is 13.1. The van der Waals surface area contributed by atoms with E-state index < -0.39 is 34.9 Å². The third-order valence-corrected chi connectivity index (χ3v) is 5.41. The lowest BCUT2D eigenvalue weighted by Gasteiger charge is -2.11. The highest BCUT2D eigenvalue weighted by Gasteiger charge is 2.33. The van der Waals surface area contributed by atoms with E-state index in [0.29, 0.717) is 11.8 Å². The fourth-order valence-electron chi connectivity index (χ4n) is 3.20. The van der Waals surface area contributed by atoms with Crippen molar-refractivity contribution in [1.82, 2.24) is 19.2 Å². The Balaban J connectivity index is 1.59. The quantitative estimate of drug-likeness (QED) is 0.440. The Bertz CT molecular complexity index is 1460. The van der Waals surface area contributed by atoms with Gasteiger partial charge in [0, 0.05) is 18.1 Å². The zero-order valence-corrected chi connectivity index (χ0v) is 18.6. The molecule has 4 aromatic rings. The predicted octanol–water partition coefficient (Wildman–Crippen LogP) is 4.61. The van der Waals surface area contributed by atoms with Gasteiger partial charge in [-0.3, -0.25) is 4.79 Å². The highest BCUT2D eigenvalue weighted by atomic mass is 35.5. The number of carbonyl (C=O) groups excluding carboxylic acids is 1. The molecule has 0 saturated carbocycles. The third-order valence-electron chi connectivity index (χ3n) is 5.08. The number of carbonyl (C=O) groups is 1. The molecule has 8 nitrogen and oxygen atoms in total. The van der Waals surface area contributed by atoms with Crippen molar-refractivity contribution < 1.29 is 22.7 Å². The van der Waals surface area contributed by atoms with Crippen molar-refractivity contribution in [1.29, 1.82) is 0 Å². The summed E-state index contributed by atoms with van der Waals surface area (Å²) in [6, 6.07) is 8.45. The summed E-state index contributed by atoms with van der Waals surface area (Å²) in [6.07, 6.45) is -1.97. The summed E-state index contributed by atoms with van der Waals surface area (Å²) in [7, 11) is 0. The smallest absolute Gasteiger partial charge is 0.417 e. The number of nitrogens with zero attached hydrogens (tertiary/aromatic N) is 4. The van der Waals surface area contributed by atoms with Gasteiger partial charge in [-0.1, -0.05) is 23.7 Å². The van der Waals surface area contributed by atoms with Gasteiger partial charge in [-0.2, -0.15) is 13.2 Å². The maximum absolute atomic E-state index is 13.1. The summed E-state index contributed by atoms with van der Waals surface area (Å²) >= 11 is 5.60. The predicted molar refractivity (Wildman–Crippen MR) is 118 cm³/mol. The molecular weight excluding hydrogens is 475 g/mol. The lowest BCUT2D eigenvalue weighted by atomic mass is 10.1.